The minimum atomic E-state index is 0.279. The largest absolute Gasteiger partial charge is 0.373 e. The first kappa shape index (κ1) is 9.47. The van der Waals surface area contributed by atoms with Crippen LogP contribution in [0, 0.1) is 0 Å². The highest BCUT2D eigenvalue weighted by atomic mass is 16.5. The van der Waals surface area contributed by atoms with Crippen molar-refractivity contribution >= 4 is 0 Å². The van der Waals surface area contributed by atoms with Crippen molar-refractivity contribution in [3.05, 3.63) is 0 Å². The first-order valence-electron chi connectivity index (χ1n) is 5.64. The number of rotatable bonds is 2. The Morgan fingerprint density at radius 1 is 1.46 bits per heavy atom. The van der Waals surface area contributed by atoms with E-state index < -0.39 is 0 Å². The van der Waals surface area contributed by atoms with Crippen molar-refractivity contribution in [3.8, 4) is 0 Å². The molecule has 0 aromatic heterocycles. The summed E-state index contributed by atoms with van der Waals surface area (Å²) >= 11 is 0. The Morgan fingerprint density at radius 3 is 2.77 bits per heavy atom. The Hall–Kier alpha value is -0.0800. The standard InChI is InChI=1S/C11H21NO/c1-3-10(2)12-7-4-5-11(9-12)6-8-13-11/h10H,3-9H2,1-2H3/t10?,11-/m0/s1. The zero-order valence-corrected chi connectivity index (χ0v) is 8.88. The van der Waals surface area contributed by atoms with E-state index in [0.29, 0.717) is 0 Å². The fourth-order valence-electron chi connectivity index (χ4n) is 2.48. The molecule has 2 aliphatic heterocycles. The van der Waals surface area contributed by atoms with Crippen LogP contribution in [0.4, 0.5) is 0 Å². The van der Waals surface area contributed by atoms with E-state index in [1.165, 1.54) is 38.8 Å². The summed E-state index contributed by atoms with van der Waals surface area (Å²) in [6.07, 6.45) is 5.17. The van der Waals surface area contributed by atoms with E-state index in [-0.39, 0.29) is 5.60 Å². The third kappa shape index (κ3) is 1.75. The summed E-state index contributed by atoms with van der Waals surface area (Å²) < 4.78 is 5.74. The van der Waals surface area contributed by atoms with Crippen molar-refractivity contribution in [2.24, 2.45) is 0 Å². The van der Waals surface area contributed by atoms with Gasteiger partial charge in [-0.25, -0.2) is 0 Å². The molecule has 0 aromatic carbocycles. The van der Waals surface area contributed by atoms with Gasteiger partial charge in [-0.3, -0.25) is 4.90 Å². The van der Waals surface area contributed by atoms with Crippen LogP contribution in [0.15, 0.2) is 0 Å². The van der Waals surface area contributed by atoms with Crippen molar-refractivity contribution in [1.82, 2.24) is 4.90 Å². The highest BCUT2D eigenvalue weighted by Crippen LogP contribution is 2.36. The summed E-state index contributed by atoms with van der Waals surface area (Å²) in [6.45, 7) is 8.06. The van der Waals surface area contributed by atoms with Crippen LogP contribution in [0.1, 0.15) is 39.5 Å². The minimum absolute atomic E-state index is 0.279. The zero-order valence-electron chi connectivity index (χ0n) is 8.88. The molecule has 0 radical (unpaired) electrons. The number of likely N-dealkylation sites (tertiary alicyclic amines) is 1. The second-order valence-electron chi connectivity index (χ2n) is 4.61. The van der Waals surface area contributed by atoms with Gasteiger partial charge in [-0.15, -0.1) is 0 Å². The van der Waals surface area contributed by atoms with E-state index in [9.17, 15) is 0 Å². The molecular formula is C11H21NO. The molecule has 13 heavy (non-hydrogen) atoms. The number of nitrogens with zero attached hydrogens (tertiary/aromatic N) is 1. The van der Waals surface area contributed by atoms with Gasteiger partial charge >= 0.3 is 0 Å². The van der Waals surface area contributed by atoms with E-state index in [1.807, 2.05) is 0 Å². The molecule has 0 bridgehead atoms. The SMILES string of the molecule is CCC(C)N1CCC[C@]2(CCO2)C1. The molecule has 1 spiro atoms. The molecule has 2 saturated heterocycles. The normalized spacial score (nSPS) is 37.4. The lowest BCUT2D eigenvalue weighted by molar-refractivity contribution is -0.180. The van der Waals surface area contributed by atoms with Crippen LogP contribution in [-0.4, -0.2) is 36.2 Å². The summed E-state index contributed by atoms with van der Waals surface area (Å²) in [7, 11) is 0. The smallest absolute Gasteiger partial charge is 0.0831 e. The van der Waals surface area contributed by atoms with Crippen LogP contribution in [-0.2, 0) is 4.74 Å². The third-order valence-electron chi connectivity index (χ3n) is 3.75. The summed E-state index contributed by atoms with van der Waals surface area (Å²) in [4.78, 5) is 2.60. The molecule has 2 heterocycles. The topological polar surface area (TPSA) is 12.5 Å². The van der Waals surface area contributed by atoms with Crippen LogP contribution >= 0.6 is 0 Å². The molecule has 0 N–H and O–H groups in total. The van der Waals surface area contributed by atoms with Crippen molar-refractivity contribution in [2.45, 2.75) is 51.2 Å². The molecule has 0 amide bonds. The number of hydrogen-bond donors (Lipinski definition) is 0. The van der Waals surface area contributed by atoms with E-state index in [2.05, 4.69) is 18.7 Å². The first-order valence-corrected chi connectivity index (χ1v) is 5.64. The summed E-state index contributed by atoms with van der Waals surface area (Å²) in [5.74, 6) is 0. The van der Waals surface area contributed by atoms with Gasteiger partial charge in [0.1, 0.15) is 0 Å². The molecule has 2 aliphatic rings. The molecule has 0 saturated carbocycles. The predicted molar refractivity (Wildman–Crippen MR) is 53.9 cm³/mol. The second-order valence-corrected chi connectivity index (χ2v) is 4.61. The van der Waals surface area contributed by atoms with Gasteiger partial charge in [-0.05, 0) is 32.7 Å². The van der Waals surface area contributed by atoms with Crippen molar-refractivity contribution in [3.63, 3.8) is 0 Å². The lowest BCUT2D eigenvalue weighted by Crippen LogP contribution is -2.57. The number of ether oxygens (including phenoxy) is 1. The monoisotopic (exact) mass is 183 g/mol. The van der Waals surface area contributed by atoms with Gasteiger partial charge in [0.15, 0.2) is 0 Å². The second kappa shape index (κ2) is 3.58. The molecule has 76 valence electrons. The maximum atomic E-state index is 5.74. The van der Waals surface area contributed by atoms with Crippen LogP contribution in [0.3, 0.4) is 0 Å². The average molecular weight is 183 g/mol. The first-order chi connectivity index (χ1) is 6.26. The Morgan fingerprint density at radius 2 is 2.23 bits per heavy atom. The summed E-state index contributed by atoms with van der Waals surface area (Å²) in [5.41, 5.74) is 0.279. The maximum absolute atomic E-state index is 5.74. The molecule has 0 aromatic rings. The van der Waals surface area contributed by atoms with Gasteiger partial charge in [-0.1, -0.05) is 6.92 Å². The lowest BCUT2D eigenvalue weighted by atomic mass is 9.85. The van der Waals surface area contributed by atoms with Crippen LogP contribution in [0.2, 0.25) is 0 Å². The molecular weight excluding hydrogens is 162 g/mol. The minimum Gasteiger partial charge on any atom is -0.373 e. The Labute approximate surface area is 81.3 Å². The fraction of sp³-hybridized carbons (Fsp3) is 1.00. The highest BCUT2D eigenvalue weighted by molar-refractivity contribution is 4.94. The van der Waals surface area contributed by atoms with E-state index in [0.717, 1.165) is 12.6 Å². The van der Waals surface area contributed by atoms with Crippen molar-refractivity contribution in [1.29, 1.82) is 0 Å². The van der Waals surface area contributed by atoms with Gasteiger partial charge in [-0.2, -0.15) is 0 Å². The lowest BCUT2D eigenvalue weighted by Gasteiger charge is -2.50. The summed E-state index contributed by atoms with van der Waals surface area (Å²) in [6, 6.07) is 0.737. The van der Waals surface area contributed by atoms with Gasteiger partial charge in [0, 0.05) is 19.0 Å². The molecule has 2 rings (SSSR count). The molecule has 2 nitrogen and oxygen atoms in total. The zero-order chi connectivity index (χ0) is 9.31. The van der Waals surface area contributed by atoms with E-state index >= 15 is 0 Å². The van der Waals surface area contributed by atoms with Crippen molar-refractivity contribution in [2.75, 3.05) is 19.7 Å². The fourth-order valence-corrected chi connectivity index (χ4v) is 2.48. The molecule has 1 unspecified atom stereocenters. The average Bonchev–Trinajstić information content (AvgIpc) is 2.14. The maximum Gasteiger partial charge on any atom is 0.0831 e. The van der Waals surface area contributed by atoms with Gasteiger partial charge in [0.2, 0.25) is 0 Å². The Kier molecular flexibility index (Phi) is 2.61. The molecule has 2 heteroatoms. The third-order valence-corrected chi connectivity index (χ3v) is 3.75. The number of piperidine rings is 1. The van der Waals surface area contributed by atoms with Gasteiger partial charge < -0.3 is 4.74 Å². The van der Waals surface area contributed by atoms with Crippen LogP contribution in [0.5, 0.6) is 0 Å². The highest BCUT2D eigenvalue weighted by Gasteiger charge is 2.42. The van der Waals surface area contributed by atoms with Gasteiger partial charge in [0.05, 0.1) is 12.2 Å². The molecule has 2 fully saturated rings. The predicted octanol–water partition coefficient (Wildman–Crippen LogP) is 2.04. The molecule has 2 atom stereocenters. The number of hydrogen-bond acceptors (Lipinski definition) is 2. The Balaban J connectivity index is 1.92. The van der Waals surface area contributed by atoms with Crippen LogP contribution < -0.4 is 0 Å². The van der Waals surface area contributed by atoms with Crippen LogP contribution in [0.25, 0.3) is 0 Å². The Bertz CT molecular complexity index is 177. The van der Waals surface area contributed by atoms with E-state index in [4.69, 9.17) is 4.74 Å². The van der Waals surface area contributed by atoms with E-state index in [1.54, 1.807) is 0 Å². The van der Waals surface area contributed by atoms with Gasteiger partial charge in [0.25, 0.3) is 0 Å². The quantitative estimate of drug-likeness (QED) is 0.649. The summed E-state index contributed by atoms with van der Waals surface area (Å²) in [5, 5.41) is 0. The van der Waals surface area contributed by atoms with Crippen molar-refractivity contribution < 1.29 is 4.74 Å². The molecule has 0 aliphatic carbocycles.